The molecule has 3 fully saturated rings. The Balaban J connectivity index is 1.22. The maximum Gasteiger partial charge on any atom is 0.327 e. The number of aliphatic hydroxyl groups excluding tert-OH is 3. The number of ether oxygens (including phenoxy) is 2. The maximum atomic E-state index is 13.0. The number of imide groups is 1. The number of carbonyl (C=O) groups excluding carboxylic acids is 2. The number of aliphatic hydroxyl groups is 3. The quantitative estimate of drug-likeness (QED) is 0.462. The minimum Gasteiger partial charge on any atom is -0.388 e. The summed E-state index contributed by atoms with van der Waals surface area (Å²) in [6, 6.07) is 5.51. The van der Waals surface area contributed by atoms with E-state index in [1.54, 1.807) is 4.90 Å². The first-order chi connectivity index (χ1) is 14.8. The number of aryl methyl sites for hydroxylation is 1. The summed E-state index contributed by atoms with van der Waals surface area (Å²) < 4.78 is 10.6. The van der Waals surface area contributed by atoms with Crippen LogP contribution in [0, 0.1) is 6.92 Å². The molecule has 3 amide bonds. The topological polar surface area (TPSA) is 132 Å². The minimum absolute atomic E-state index is 0.0222. The minimum atomic E-state index is -1.41. The van der Waals surface area contributed by atoms with Crippen LogP contribution in [0.15, 0.2) is 18.2 Å². The van der Waals surface area contributed by atoms with Crippen LogP contribution in [0.5, 0.6) is 0 Å². The van der Waals surface area contributed by atoms with E-state index in [1.165, 1.54) is 16.0 Å². The molecule has 0 aromatic heterocycles. The van der Waals surface area contributed by atoms with E-state index in [4.69, 9.17) is 9.47 Å². The number of hydrogen-bond donors (Lipinski definition) is 4. The number of rotatable bonds is 4. The lowest BCUT2D eigenvalue weighted by Crippen LogP contribution is -2.54. The molecule has 0 radical (unpaired) electrons. The van der Waals surface area contributed by atoms with Crippen LogP contribution in [-0.4, -0.2) is 100 Å². The number of amides is 3. The Morgan fingerprint density at radius 3 is 2.84 bits per heavy atom. The summed E-state index contributed by atoms with van der Waals surface area (Å²) in [5, 5.41) is 32.7. The van der Waals surface area contributed by atoms with Gasteiger partial charge in [0.15, 0.2) is 6.29 Å². The number of anilines is 1. The van der Waals surface area contributed by atoms with Gasteiger partial charge in [0.2, 0.25) is 0 Å². The standard InChI is InChI=1S/C21H27N3O7/c1-10-2-3-13-11(6-10)12-7-15-19(28)23(21(29)24(15)8-14(12)22-13)4-5-30-20-18(27)17(26)16(25)9-31-20/h2-3,6,12,14-18,20,22,25-27H,4-5,7-9H2,1H3. The molecule has 4 aliphatic rings. The van der Waals surface area contributed by atoms with Crippen molar-refractivity contribution in [3.63, 3.8) is 0 Å². The van der Waals surface area contributed by atoms with Crippen LogP contribution in [0.4, 0.5) is 10.5 Å². The van der Waals surface area contributed by atoms with E-state index in [2.05, 4.69) is 23.5 Å². The molecule has 1 aromatic carbocycles. The van der Waals surface area contributed by atoms with Gasteiger partial charge in [0.1, 0.15) is 24.4 Å². The van der Waals surface area contributed by atoms with Gasteiger partial charge in [0, 0.05) is 18.2 Å². The molecular formula is C21H27N3O7. The predicted octanol–water partition coefficient (Wildman–Crippen LogP) is -0.635. The third-order valence-electron chi connectivity index (χ3n) is 6.76. The lowest BCUT2D eigenvalue weighted by atomic mass is 9.84. The van der Waals surface area contributed by atoms with E-state index in [9.17, 15) is 24.9 Å². The van der Waals surface area contributed by atoms with Crippen molar-refractivity contribution in [1.29, 1.82) is 0 Å². The molecule has 0 spiro atoms. The zero-order valence-corrected chi connectivity index (χ0v) is 17.2. The molecule has 7 unspecified atom stereocenters. The zero-order chi connectivity index (χ0) is 21.9. The van der Waals surface area contributed by atoms with Crippen molar-refractivity contribution in [3.8, 4) is 0 Å². The fraction of sp³-hybridized carbons (Fsp3) is 0.619. The van der Waals surface area contributed by atoms with E-state index in [-0.39, 0.29) is 43.7 Å². The molecule has 7 atom stereocenters. The van der Waals surface area contributed by atoms with Crippen LogP contribution < -0.4 is 5.32 Å². The van der Waals surface area contributed by atoms with Crippen LogP contribution in [0.2, 0.25) is 0 Å². The van der Waals surface area contributed by atoms with E-state index >= 15 is 0 Å². The van der Waals surface area contributed by atoms with E-state index in [0.29, 0.717) is 13.0 Å². The van der Waals surface area contributed by atoms with Gasteiger partial charge in [0.25, 0.3) is 5.91 Å². The van der Waals surface area contributed by atoms with Crippen molar-refractivity contribution >= 4 is 17.6 Å². The highest BCUT2D eigenvalue weighted by atomic mass is 16.7. The van der Waals surface area contributed by atoms with Gasteiger partial charge in [-0.15, -0.1) is 0 Å². The average Bonchev–Trinajstić information content (AvgIpc) is 3.22. The van der Waals surface area contributed by atoms with Gasteiger partial charge in [-0.2, -0.15) is 0 Å². The van der Waals surface area contributed by atoms with Crippen molar-refractivity contribution in [2.24, 2.45) is 0 Å². The molecule has 5 rings (SSSR count). The van der Waals surface area contributed by atoms with Crippen molar-refractivity contribution in [2.45, 2.75) is 55.9 Å². The molecular weight excluding hydrogens is 406 g/mol. The van der Waals surface area contributed by atoms with Gasteiger partial charge < -0.3 is 35.0 Å². The maximum absolute atomic E-state index is 13.0. The Morgan fingerprint density at radius 2 is 2.03 bits per heavy atom. The van der Waals surface area contributed by atoms with Gasteiger partial charge in [0.05, 0.1) is 25.8 Å². The molecule has 10 nitrogen and oxygen atoms in total. The number of urea groups is 1. The highest BCUT2D eigenvalue weighted by Gasteiger charge is 2.52. The number of nitrogens with one attached hydrogen (secondary N) is 1. The molecule has 1 aromatic rings. The lowest BCUT2D eigenvalue weighted by molar-refractivity contribution is -0.269. The van der Waals surface area contributed by atoms with E-state index < -0.39 is 30.6 Å². The van der Waals surface area contributed by atoms with Gasteiger partial charge in [-0.05, 0) is 25.0 Å². The van der Waals surface area contributed by atoms with Gasteiger partial charge >= 0.3 is 6.03 Å². The number of benzene rings is 1. The summed E-state index contributed by atoms with van der Waals surface area (Å²) in [5.41, 5.74) is 3.45. The van der Waals surface area contributed by atoms with Crippen molar-refractivity contribution in [2.75, 3.05) is 31.6 Å². The Labute approximate surface area is 179 Å². The lowest BCUT2D eigenvalue weighted by Gasteiger charge is -2.35. The highest BCUT2D eigenvalue weighted by molar-refractivity contribution is 6.04. The summed E-state index contributed by atoms with van der Waals surface area (Å²) in [7, 11) is 0. The summed E-state index contributed by atoms with van der Waals surface area (Å²) in [6.07, 6.45) is -4.52. The first kappa shape index (κ1) is 20.7. The summed E-state index contributed by atoms with van der Waals surface area (Å²) in [4.78, 5) is 28.7. The molecule has 10 heteroatoms. The average molecular weight is 433 g/mol. The van der Waals surface area contributed by atoms with Crippen LogP contribution in [0.3, 0.4) is 0 Å². The predicted molar refractivity (Wildman–Crippen MR) is 107 cm³/mol. The molecule has 3 saturated heterocycles. The number of piperidine rings is 1. The monoisotopic (exact) mass is 433 g/mol. The van der Waals surface area contributed by atoms with Crippen LogP contribution >= 0.6 is 0 Å². The van der Waals surface area contributed by atoms with Crippen molar-refractivity contribution in [3.05, 3.63) is 29.3 Å². The summed E-state index contributed by atoms with van der Waals surface area (Å²) in [6.45, 7) is 2.31. The van der Waals surface area contributed by atoms with Gasteiger partial charge in [-0.25, -0.2) is 4.79 Å². The third kappa shape index (κ3) is 3.39. The Hall–Kier alpha value is -2.24. The van der Waals surface area contributed by atoms with Crippen molar-refractivity contribution < 1.29 is 34.4 Å². The molecule has 4 heterocycles. The van der Waals surface area contributed by atoms with Gasteiger partial charge in [-0.3, -0.25) is 9.69 Å². The molecule has 4 N–H and O–H groups in total. The summed E-state index contributed by atoms with van der Waals surface area (Å²) in [5.74, 6) is -0.0588. The van der Waals surface area contributed by atoms with E-state index in [1.807, 2.05) is 6.92 Å². The SMILES string of the molecule is Cc1ccc2c(c1)C1CC3C(=O)N(CCOC4OCC(O)C(O)C4O)C(=O)N3CC1N2. The number of carbonyl (C=O) groups is 2. The Kier molecular flexibility index (Phi) is 5.14. The largest absolute Gasteiger partial charge is 0.388 e. The molecule has 4 aliphatic heterocycles. The zero-order valence-electron chi connectivity index (χ0n) is 17.2. The smallest absolute Gasteiger partial charge is 0.327 e. The fourth-order valence-electron chi connectivity index (χ4n) is 5.08. The fourth-order valence-corrected chi connectivity index (χ4v) is 5.08. The molecule has 0 saturated carbocycles. The van der Waals surface area contributed by atoms with Gasteiger partial charge in [-0.1, -0.05) is 17.7 Å². The molecule has 31 heavy (non-hydrogen) atoms. The Morgan fingerprint density at radius 1 is 1.23 bits per heavy atom. The molecule has 168 valence electrons. The van der Waals surface area contributed by atoms with Crippen LogP contribution in [-0.2, 0) is 14.3 Å². The van der Waals surface area contributed by atoms with Crippen LogP contribution in [0.25, 0.3) is 0 Å². The molecule has 0 bridgehead atoms. The number of fused-ring (bicyclic) bond motifs is 4. The Bertz CT molecular complexity index is 896. The second kappa shape index (κ2) is 7.72. The first-order valence-corrected chi connectivity index (χ1v) is 10.6. The summed E-state index contributed by atoms with van der Waals surface area (Å²) >= 11 is 0. The number of nitrogens with zero attached hydrogens (tertiary/aromatic N) is 2. The second-order valence-electron chi connectivity index (χ2n) is 8.75. The van der Waals surface area contributed by atoms with Crippen LogP contribution in [0.1, 0.15) is 23.5 Å². The molecule has 0 aliphatic carbocycles. The first-order valence-electron chi connectivity index (χ1n) is 10.6. The van der Waals surface area contributed by atoms with E-state index in [0.717, 1.165) is 5.69 Å². The highest BCUT2D eigenvalue weighted by Crippen LogP contribution is 2.44. The van der Waals surface area contributed by atoms with Crippen molar-refractivity contribution in [1.82, 2.24) is 9.80 Å². The number of hydrogen-bond acceptors (Lipinski definition) is 8. The second-order valence-corrected chi connectivity index (χ2v) is 8.75. The third-order valence-corrected chi connectivity index (χ3v) is 6.76. The normalized spacial score (nSPS) is 36.8.